The summed E-state index contributed by atoms with van der Waals surface area (Å²) in [5.41, 5.74) is -0.710. The Bertz CT molecular complexity index is 1020. The second kappa shape index (κ2) is 7.10. The van der Waals surface area contributed by atoms with Crippen LogP contribution in [0.4, 0.5) is 13.2 Å². The summed E-state index contributed by atoms with van der Waals surface area (Å²) < 4.78 is 50.4. The van der Waals surface area contributed by atoms with Gasteiger partial charge in [0.25, 0.3) is 0 Å². The van der Waals surface area contributed by atoms with Crippen LogP contribution in [0.3, 0.4) is 0 Å². The van der Waals surface area contributed by atoms with Crippen LogP contribution in [0, 0.1) is 21.3 Å². The zero-order valence-electron chi connectivity index (χ0n) is 14.0. The molecule has 0 spiro atoms. The Hall–Kier alpha value is -1.59. The van der Waals surface area contributed by atoms with Crippen LogP contribution in [-0.2, 0) is 16.9 Å². The van der Waals surface area contributed by atoms with Gasteiger partial charge in [-0.2, -0.15) is 4.98 Å². The minimum Gasteiger partial charge on any atom is -0.354 e. The molecule has 2 aromatic carbocycles. The first-order chi connectivity index (χ1) is 12.9. The van der Waals surface area contributed by atoms with E-state index in [9.17, 15) is 13.2 Å². The van der Waals surface area contributed by atoms with Crippen LogP contribution >= 0.6 is 34.4 Å². The summed E-state index contributed by atoms with van der Waals surface area (Å²) in [4.78, 5) is 4.30. The fourth-order valence-corrected chi connectivity index (χ4v) is 4.35. The van der Waals surface area contributed by atoms with Crippen molar-refractivity contribution >= 4 is 34.4 Å². The highest BCUT2D eigenvalue weighted by Gasteiger charge is 2.61. The number of nitrogens with zero attached hydrogens (tertiary/aromatic N) is 3. The van der Waals surface area contributed by atoms with Gasteiger partial charge in [-0.15, -0.1) is 5.10 Å². The number of epoxide rings is 1. The van der Waals surface area contributed by atoms with Crippen molar-refractivity contribution in [2.75, 3.05) is 6.26 Å². The van der Waals surface area contributed by atoms with E-state index in [0.717, 1.165) is 6.07 Å². The zero-order valence-corrected chi connectivity index (χ0v) is 17.0. The molecule has 9 heteroatoms. The van der Waals surface area contributed by atoms with E-state index in [-0.39, 0.29) is 12.1 Å². The Morgan fingerprint density at radius 1 is 1.19 bits per heavy atom. The molecule has 4 nitrogen and oxygen atoms in total. The van der Waals surface area contributed by atoms with Gasteiger partial charge in [-0.25, -0.2) is 17.9 Å². The van der Waals surface area contributed by atoms with E-state index >= 15 is 0 Å². The molecule has 0 N–H and O–H groups in total. The topological polar surface area (TPSA) is 43.2 Å². The van der Waals surface area contributed by atoms with Gasteiger partial charge < -0.3 is 4.74 Å². The maximum atomic E-state index is 14.6. The van der Waals surface area contributed by atoms with Crippen LogP contribution in [0.5, 0.6) is 0 Å². The number of hydrogen-bond donors (Lipinski definition) is 0. The van der Waals surface area contributed by atoms with Crippen LogP contribution in [0.15, 0.2) is 47.6 Å². The standard InChI is InChI=1S/C18H13F3IN3OS/c1-27-17-23-16(22)24-25(17)9-18(12-7-6-10(19)8-14(12)21)15(26-18)11-4-2-3-5-13(11)20/h2-8,15H,9H2,1H3/t15-,18-/m0/s1. The lowest BCUT2D eigenvalue weighted by atomic mass is 9.91. The quantitative estimate of drug-likeness (QED) is 0.288. The third kappa shape index (κ3) is 3.36. The van der Waals surface area contributed by atoms with Gasteiger partial charge >= 0.3 is 0 Å². The number of rotatable bonds is 5. The molecule has 2 atom stereocenters. The average Bonchev–Trinajstić information content (AvgIpc) is 3.22. The predicted molar refractivity (Wildman–Crippen MR) is 103 cm³/mol. The molecule has 0 radical (unpaired) electrons. The third-order valence-electron chi connectivity index (χ3n) is 4.45. The molecule has 140 valence electrons. The highest BCUT2D eigenvalue weighted by Crippen LogP contribution is 2.59. The summed E-state index contributed by atoms with van der Waals surface area (Å²) in [5, 5.41) is 4.96. The van der Waals surface area contributed by atoms with Crippen molar-refractivity contribution in [3.8, 4) is 0 Å². The molecule has 1 aromatic heterocycles. The van der Waals surface area contributed by atoms with Crippen LogP contribution in [-0.4, -0.2) is 21.0 Å². The molecule has 0 aliphatic carbocycles. The van der Waals surface area contributed by atoms with Gasteiger partial charge in [-0.1, -0.05) is 36.0 Å². The van der Waals surface area contributed by atoms with E-state index in [4.69, 9.17) is 4.74 Å². The summed E-state index contributed by atoms with van der Waals surface area (Å²) >= 11 is 3.38. The molecule has 1 aliphatic heterocycles. The number of thioether (sulfide) groups is 1. The van der Waals surface area contributed by atoms with E-state index in [1.54, 1.807) is 22.9 Å². The van der Waals surface area contributed by atoms with Crippen molar-refractivity contribution < 1.29 is 17.9 Å². The van der Waals surface area contributed by atoms with Crippen molar-refractivity contribution in [3.63, 3.8) is 0 Å². The lowest BCUT2D eigenvalue weighted by Crippen LogP contribution is -2.22. The smallest absolute Gasteiger partial charge is 0.212 e. The summed E-state index contributed by atoms with van der Waals surface area (Å²) in [5.74, 6) is -1.87. The first-order valence-electron chi connectivity index (χ1n) is 7.97. The van der Waals surface area contributed by atoms with Crippen molar-refractivity contribution in [2.45, 2.75) is 23.4 Å². The lowest BCUT2D eigenvalue weighted by molar-refractivity contribution is 0.250. The van der Waals surface area contributed by atoms with Gasteiger partial charge in [0, 0.05) is 39.8 Å². The van der Waals surface area contributed by atoms with E-state index < -0.39 is 29.2 Å². The van der Waals surface area contributed by atoms with Crippen LogP contribution < -0.4 is 0 Å². The van der Waals surface area contributed by atoms with Gasteiger partial charge in [-0.05, 0) is 18.4 Å². The first-order valence-corrected chi connectivity index (χ1v) is 10.3. The zero-order chi connectivity index (χ0) is 19.2. The van der Waals surface area contributed by atoms with Gasteiger partial charge in [0.2, 0.25) is 3.83 Å². The SMILES string of the molecule is CSc1nc(I)nn1C[C@@]1(c2ccc(F)cc2F)O[C@H]1c1ccccc1F. The molecule has 2 heterocycles. The van der Waals surface area contributed by atoms with E-state index in [1.165, 1.54) is 30.0 Å². The molecule has 1 saturated heterocycles. The minimum atomic E-state index is -1.19. The van der Waals surface area contributed by atoms with Crippen molar-refractivity contribution in [3.05, 3.63) is 74.9 Å². The number of ether oxygens (including phenoxy) is 1. The second-order valence-corrected chi connectivity index (χ2v) is 7.80. The highest BCUT2D eigenvalue weighted by molar-refractivity contribution is 14.1. The maximum Gasteiger partial charge on any atom is 0.212 e. The largest absolute Gasteiger partial charge is 0.354 e. The molecular formula is C18H13F3IN3OS. The molecule has 1 fully saturated rings. The molecule has 4 rings (SSSR count). The van der Waals surface area contributed by atoms with Crippen LogP contribution in [0.25, 0.3) is 0 Å². The second-order valence-electron chi connectivity index (χ2n) is 6.06. The number of halogens is 4. The predicted octanol–water partition coefficient (Wildman–Crippen LogP) is 4.69. The normalized spacial score (nSPS) is 21.4. The van der Waals surface area contributed by atoms with Gasteiger partial charge in [-0.3, -0.25) is 0 Å². The molecule has 0 bridgehead atoms. The van der Waals surface area contributed by atoms with Crippen molar-refractivity contribution in [1.82, 2.24) is 14.8 Å². The minimum absolute atomic E-state index is 0.126. The molecule has 27 heavy (non-hydrogen) atoms. The molecule has 0 saturated carbocycles. The Kier molecular flexibility index (Phi) is 4.93. The fourth-order valence-electron chi connectivity index (χ4n) is 3.20. The Morgan fingerprint density at radius 2 is 1.96 bits per heavy atom. The van der Waals surface area contributed by atoms with Gasteiger partial charge in [0.1, 0.15) is 29.2 Å². The van der Waals surface area contributed by atoms with Gasteiger partial charge in [0.15, 0.2) is 5.16 Å². The monoisotopic (exact) mass is 503 g/mol. The van der Waals surface area contributed by atoms with E-state index in [2.05, 4.69) is 10.1 Å². The number of hydrogen-bond acceptors (Lipinski definition) is 4. The Morgan fingerprint density at radius 3 is 2.67 bits per heavy atom. The third-order valence-corrected chi connectivity index (χ3v) is 5.57. The Balaban J connectivity index is 1.81. The molecular weight excluding hydrogens is 490 g/mol. The van der Waals surface area contributed by atoms with Crippen LogP contribution in [0.1, 0.15) is 17.2 Å². The molecule has 3 aromatic rings. The first kappa shape index (κ1) is 18.8. The number of benzene rings is 2. The lowest BCUT2D eigenvalue weighted by Gasteiger charge is -2.16. The highest BCUT2D eigenvalue weighted by atomic mass is 127. The summed E-state index contributed by atoms with van der Waals surface area (Å²) in [6.07, 6.45) is 1.14. The molecule has 0 amide bonds. The van der Waals surface area contributed by atoms with E-state index in [1.807, 2.05) is 28.8 Å². The molecule has 0 unspecified atom stereocenters. The summed E-state index contributed by atoms with van der Waals surface area (Å²) in [7, 11) is 0. The summed E-state index contributed by atoms with van der Waals surface area (Å²) in [6, 6.07) is 9.51. The maximum absolute atomic E-state index is 14.6. The fraction of sp³-hybridized carbons (Fsp3) is 0.222. The van der Waals surface area contributed by atoms with E-state index in [0.29, 0.717) is 14.6 Å². The molecule has 1 aliphatic rings. The van der Waals surface area contributed by atoms with Crippen LogP contribution in [0.2, 0.25) is 0 Å². The average molecular weight is 503 g/mol. The summed E-state index contributed by atoms with van der Waals surface area (Å²) in [6.45, 7) is 0.126. The van der Waals surface area contributed by atoms with Crippen molar-refractivity contribution in [2.24, 2.45) is 0 Å². The van der Waals surface area contributed by atoms with Gasteiger partial charge in [0.05, 0.1) is 6.54 Å². The number of aromatic nitrogens is 3. The van der Waals surface area contributed by atoms with Crippen molar-refractivity contribution in [1.29, 1.82) is 0 Å². The Labute approximate surface area is 171 Å².